The molecule has 4 unspecified atom stereocenters. The lowest BCUT2D eigenvalue weighted by Gasteiger charge is -2.31. The van der Waals surface area contributed by atoms with Crippen molar-refractivity contribution in [1.29, 1.82) is 0 Å². The highest BCUT2D eigenvalue weighted by atomic mass is 32.2. The molecule has 2 fully saturated rings. The molecule has 0 aromatic heterocycles. The van der Waals surface area contributed by atoms with E-state index >= 15 is 0 Å². The van der Waals surface area contributed by atoms with Gasteiger partial charge < -0.3 is 5.32 Å². The fourth-order valence-electron chi connectivity index (χ4n) is 3.69. The van der Waals surface area contributed by atoms with Gasteiger partial charge in [0.1, 0.15) is 0 Å². The molecule has 1 saturated heterocycles. The van der Waals surface area contributed by atoms with Crippen LogP contribution in [0.15, 0.2) is 24.3 Å². The number of amides is 3. The van der Waals surface area contributed by atoms with Crippen molar-refractivity contribution in [1.82, 2.24) is 10.2 Å². The van der Waals surface area contributed by atoms with Crippen molar-refractivity contribution >= 4 is 23.0 Å². The summed E-state index contributed by atoms with van der Waals surface area (Å²) in [6, 6.07) is 8.05. The molecule has 0 radical (unpaired) electrons. The molecule has 1 aliphatic heterocycles. The third-order valence-corrected chi connectivity index (χ3v) is 6.63. The predicted octanol–water partition coefficient (Wildman–Crippen LogP) is 4.88. The lowest BCUT2D eigenvalue weighted by atomic mass is 9.86. The topological polar surface area (TPSA) is 49.4 Å². The van der Waals surface area contributed by atoms with Gasteiger partial charge in [-0.25, -0.2) is 4.79 Å². The summed E-state index contributed by atoms with van der Waals surface area (Å²) in [4.78, 5) is 26.5. The summed E-state index contributed by atoms with van der Waals surface area (Å²) in [6.45, 7) is 6.20. The molecule has 3 amide bonds. The summed E-state index contributed by atoms with van der Waals surface area (Å²) < 4.78 is 0. The highest BCUT2D eigenvalue weighted by molar-refractivity contribution is 8.14. The minimum Gasteiger partial charge on any atom is -0.335 e. The van der Waals surface area contributed by atoms with Crippen LogP contribution in [0.3, 0.4) is 0 Å². The van der Waals surface area contributed by atoms with Crippen LogP contribution in [0.4, 0.5) is 9.59 Å². The molecule has 1 aromatic rings. The van der Waals surface area contributed by atoms with Crippen molar-refractivity contribution in [2.75, 3.05) is 0 Å². The standard InChI is InChI=1S/C19H26N2O2S/c1-12-8-10-15(11-9-12)17-14(3)21(19(23)24-17)18(22)20-16-7-5-4-6-13(16)2/h8-11,13-14,16-17H,4-7H2,1-3H3,(H,20,22). The zero-order chi connectivity index (χ0) is 17.3. The van der Waals surface area contributed by atoms with Crippen molar-refractivity contribution in [3.63, 3.8) is 0 Å². The van der Waals surface area contributed by atoms with Gasteiger partial charge >= 0.3 is 6.03 Å². The zero-order valence-corrected chi connectivity index (χ0v) is 15.4. The van der Waals surface area contributed by atoms with E-state index in [0.717, 1.165) is 24.8 Å². The molecule has 1 N–H and O–H groups in total. The quantitative estimate of drug-likeness (QED) is 0.830. The van der Waals surface area contributed by atoms with E-state index < -0.39 is 0 Å². The number of urea groups is 1. The molecule has 4 atom stereocenters. The Morgan fingerprint density at radius 1 is 1.17 bits per heavy atom. The number of benzene rings is 1. The maximum Gasteiger partial charge on any atom is 0.325 e. The molecular weight excluding hydrogens is 320 g/mol. The van der Waals surface area contributed by atoms with E-state index in [2.05, 4.69) is 36.5 Å². The molecule has 5 heteroatoms. The van der Waals surface area contributed by atoms with Crippen molar-refractivity contribution in [2.24, 2.45) is 5.92 Å². The van der Waals surface area contributed by atoms with E-state index in [1.54, 1.807) is 0 Å². The monoisotopic (exact) mass is 346 g/mol. The Labute approximate surface area is 148 Å². The van der Waals surface area contributed by atoms with Crippen molar-refractivity contribution < 1.29 is 9.59 Å². The first kappa shape index (κ1) is 17.3. The van der Waals surface area contributed by atoms with Crippen LogP contribution in [0.2, 0.25) is 0 Å². The van der Waals surface area contributed by atoms with Crippen LogP contribution in [-0.2, 0) is 0 Å². The number of hydrogen-bond acceptors (Lipinski definition) is 3. The van der Waals surface area contributed by atoms with Crippen LogP contribution in [0, 0.1) is 12.8 Å². The molecule has 0 bridgehead atoms. The normalized spacial score (nSPS) is 30.5. The van der Waals surface area contributed by atoms with Gasteiger partial charge in [0.15, 0.2) is 0 Å². The Balaban J connectivity index is 1.70. The smallest absolute Gasteiger partial charge is 0.325 e. The number of hydrogen-bond donors (Lipinski definition) is 1. The van der Waals surface area contributed by atoms with Crippen molar-refractivity contribution in [2.45, 2.75) is 63.8 Å². The third kappa shape index (κ3) is 3.46. The molecule has 24 heavy (non-hydrogen) atoms. The summed E-state index contributed by atoms with van der Waals surface area (Å²) >= 11 is 1.26. The van der Waals surface area contributed by atoms with E-state index in [0.29, 0.717) is 5.92 Å². The largest absolute Gasteiger partial charge is 0.335 e. The minimum atomic E-state index is -0.228. The number of thioether (sulfide) groups is 1. The SMILES string of the molecule is Cc1ccc(C2SC(=O)N(C(=O)NC3CCCCC3C)C2C)cc1. The van der Waals surface area contributed by atoms with Gasteiger partial charge in [-0.05, 0) is 38.2 Å². The fraction of sp³-hybridized carbons (Fsp3) is 0.579. The molecule has 2 aliphatic rings. The van der Waals surface area contributed by atoms with Gasteiger partial charge in [0.2, 0.25) is 0 Å². The maximum absolute atomic E-state index is 12.7. The van der Waals surface area contributed by atoms with Crippen LogP contribution < -0.4 is 5.32 Å². The molecule has 0 spiro atoms. The Morgan fingerprint density at radius 2 is 1.83 bits per heavy atom. The molecule has 1 heterocycles. The molecule has 1 aromatic carbocycles. The van der Waals surface area contributed by atoms with Crippen molar-refractivity contribution in [3.8, 4) is 0 Å². The van der Waals surface area contributed by atoms with Crippen LogP contribution in [0.1, 0.15) is 55.9 Å². The van der Waals surface area contributed by atoms with Gasteiger partial charge in [-0.2, -0.15) is 0 Å². The molecule has 1 aliphatic carbocycles. The average Bonchev–Trinajstić information content (AvgIpc) is 2.85. The third-order valence-electron chi connectivity index (χ3n) is 5.31. The Kier molecular flexibility index (Phi) is 5.18. The fourth-order valence-corrected chi connectivity index (χ4v) is 4.89. The summed E-state index contributed by atoms with van der Waals surface area (Å²) in [5, 5.41) is 2.97. The summed E-state index contributed by atoms with van der Waals surface area (Å²) in [5.74, 6) is 0.483. The maximum atomic E-state index is 12.7. The van der Waals surface area contributed by atoms with Gasteiger partial charge in [-0.3, -0.25) is 9.69 Å². The molecular formula is C19H26N2O2S. The highest BCUT2D eigenvalue weighted by Crippen LogP contribution is 2.43. The first-order valence-corrected chi connectivity index (χ1v) is 9.72. The number of nitrogens with zero attached hydrogens (tertiary/aromatic N) is 1. The Bertz CT molecular complexity index is 616. The second-order valence-electron chi connectivity index (χ2n) is 7.14. The van der Waals surface area contributed by atoms with Crippen LogP contribution in [0.25, 0.3) is 0 Å². The lowest BCUT2D eigenvalue weighted by Crippen LogP contribution is -2.50. The van der Waals surface area contributed by atoms with E-state index in [9.17, 15) is 9.59 Å². The van der Waals surface area contributed by atoms with E-state index in [-0.39, 0.29) is 28.6 Å². The zero-order valence-electron chi connectivity index (χ0n) is 14.6. The summed E-state index contributed by atoms with van der Waals surface area (Å²) in [6.07, 6.45) is 4.55. The Morgan fingerprint density at radius 3 is 2.50 bits per heavy atom. The second-order valence-corrected chi connectivity index (χ2v) is 8.24. The number of aryl methyl sites for hydroxylation is 1. The molecule has 3 rings (SSSR count). The molecule has 4 nitrogen and oxygen atoms in total. The summed E-state index contributed by atoms with van der Waals surface area (Å²) in [5.41, 5.74) is 2.30. The first-order chi connectivity index (χ1) is 11.5. The number of carbonyl (C=O) groups is 2. The average molecular weight is 346 g/mol. The van der Waals surface area contributed by atoms with E-state index in [4.69, 9.17) is 0 Å². The van der Waals surface area contributed by atoms with E-state index in [1.165, 1.54) is 28.6 Å². The van der Waals surface area contributed by atoms with Crippen LogP contribution in [-0.4, -0.2) is 28.3 Å². The van der Waals surface area contributed by atoms with Crippen molar-refractivity contribution in [3.05, 3.63) is 35.4 Å². The number of nitrogens with one attached hydrogen (secondary N) is 1. The number of carbonyl (C=O) groups excluding carboxylic acids is 2. The van der Waals surface area contributed by atoms with Gasteiger partial charge in [-0.1, -0.05) is 61.4 Å². The van der Waals surface area contributed by atoms with Gasteiger partial charge in [0.05, 0.1) is 11.3 Å². The van der Waals surface area contributed by atoms with Crippen LogP contribution >= 0.6 is 11.8 Å². The van der Waals surface area contributed by atoms with Crippen LogP contribution in [0.5, 0.6) is 0 Å². The summed E-state index contributed by atoms with van der Waals surface area (Å²) in [7, 11) is 0. The van der Waals surface area contributed by atoms with Gasteiger partial charge in [0.25, 0.3) is 5.24 Å². The highest BCUT2D eigenvalue weighted by Gasteiger charge is 2.43. The number of imide groups is 1. The molecule has 130 valence electrons. The second kappa shape index (κ2) is 7.18. The minimum absolute atomic E-state index is 0.00706. The predicted molar refractivity (Wildman–Crippen MR) is 98.2 cm³/mol. The van der Waals surface area contributed by atoms with Gasteiger partial charge in [0, 0.05) is 6.04 Å². The molecule has 1 saturated carbocycles. The first-order valence-electron chi connectivity index (χ1n) is 8.84. The lowest BCUT2D eigenvalue weighted by molar-refractivity contribution is 0.178. The Hall–Kier alpha value is -1.49. The number of rotatable bonds is 2. The van der Waals surface area contributed by atoms with Gasteiger partial charge in [-0.15, -0.1) is 0 Å². The van der Waals surface area contributed by atoms with E-state index in [1.807, 2.05) is 13.8 Å².